The van der Waals surface area contributed by atoms with Gasteiger partial charge in [-0.25, -0.2) is 0 Å². The summed E-state index contributed by atoms with van der Waals surface area (Å²) < 4.78 is 5.21. The maximum Gasteiger partial charge on any atom is 0.230 e. The molecule has 0 spiro atoms. The third kappa shape index (κ3) is 2.86. The van der Waals surface area contributed by atoms with E-state index in [1.54, 1.807) is 0 Å². The molecule has 5 heteroatoms. The SMILES string of the molecule is Cc1cc(CC(=O)N2[C@H]3CC[C@@H]2[C@@](CO)(Cc2ccccc2)C3)on1. The quantitative estimate of drug-likeness (QED) is 0.908. The Balaban J connectivity index is 1.54. The van der Waals surface area contributed by atoms with E-state index in [9.17, 15) is 9.90 Å². The summed E-state index contributed by atoms with van der Waals surface area (Å²) in [6.45, 7) is 1.97. The Hall–Kier alpha value is -2.14. The predicted molar refractivity (Wildman–Crippen MR) is 92.9 cm³/mol. The molecule has 3 heterocycles. The summed E-state index contributed by atoms with van der Waals surface area (Å²) in [6, 6.07) is 12.4. The van der Waals surface area contributed by atoms with Crippen molar-refractivity contribution < 1.29 is 14.4 Å². The van der Waals surface area contributed by atoms with Crippen molar-refractivity contribution in [2.24, 2.45) is 5.41 Å². The Morgan fingerprint density at radius 2 is 2.16 bits per heavy atom. The number of nitrogens with zero attached hydrogens (tertiary/aromatic N) is 2. The van der Waals surface area contributed by atoms with E-state index in [-0.39, 0.29) is 36.4 Å². The van der Waals surface area contributed by atoms with E-state index in [0.29, 0.717) is 5.76 Å². The van der Waals surface area contributed by atoms with Crippen LogP contribution in [0.3, 0.4) is 0 Å². The molecule has 2 aliphatic heterocycles. The van der Waals surface area contributed by atoms with Gasteiger partial charge in [-0.15, -0.1) is 0 Å². The van der Waals surface area contributed by atoms with Crippen LogP contribution in [-0.4, -0.2) is 39.8 Å². The topological polar surface area (TPSA) is 66.6 Å². The van der Waals surface area contributed by atoms with Crippen LogP contribution in [0.5, 0.6) is 0 Å². The van der Waals surface area contributed by atoms with Crippen molar-refractivity contribution in [2.45, 2.75) is 51.1 Å². The van der Waals surface area contributed by atoms with E-state index >= 15 is 0 Å². The van der Waals surface area contributed by atoms with Crippen LogP contribution in [0.25, 0.3) is 0 Å². The number of benzene rings is 1. The molecule has 1 aromatic heterocycles. The van der Waals surface area contributed by atoms with Gasteiger partial charge in [-0.2, -0.15) is 0 Å². The molecule has 2 fully saturated rings. The third-order valence-corrected chi connectivity index (χ3v) is 5.86. The van der Waals surface area contributed by atoms with Gasteiger partial charge >= 0.3 is 0 Å². The van der Waals surface area contributed by atoms with Crippen LogP contribution in [0.15, 0.2) is 40.9 Å². The number of carbonyl (C=O) groups excluding carboxylic acids is 1. The molecule has 2 aliphatic rings. The summed E-state index contributed by atoms with van der Waals surface area (Å²) in [5, 5.41) is 14.1. The molecule has 1 aromatic carbocycles. The Morgan fingerprint density at radius 1 is 1.36 bits per heavy atom. The second-order valence-corrected chi connectivity index (χ2v) is 7.55. The molecule has 1 amide bonds. The first-order valence-corrected chi connectivity index (χ1v) is 8.99. The first kappa shape index (κ1) is 16.3. The molecule has 2 aromatic rings. The van der Waals surface area contributed by atoms with Gasteiger partial charge < -0.3 is 14.5 Å². The van der Waals surface area contributed by atoms with E-state index in [1.807, 2.05) is 36.1 Å². The number of hydrogen-bond donors (Lipinski definition) is 1. The van der Waals surface area contributed by atoms with Gasteiger partial charge in [-0.05, 0) is 38.2 Å². The fourth-order valence-electron chi connectivity index (χ4n) is 4.83. The highest BCUT2D eigenvalue weighted by atomic mass is 16.5. The first-order valence-electron chi connectivity index (χ1n) is 8.99. The average Bonchev–Trinajstić information content (AvgIpc) is 3.29. The molecule has 0 saturated carbocycles. The number of fused-ring (bicyclic) bond motifs is 2. The Labute approximate surface area is 147 Å². The largest absolute Gasteiger partial charge is 0.396 e. The molecule has 0 unspecified atom stereocenters. The molecule has 4 rings (SSSR count). The monoisotopic (exact) mass is 340 g/mol. The van der Waals surface area contributed by atoms with E-state index < -0.39 is 0 Å². The van der Waals surface area contributed by atoms with Crippen LogP contribution in [-0.2, 0) is 17.6 Å². The van der Waals surface area contributed by atoms with Gasteiger partial charge in [-0.1, -0.05) is 35.5 Å². The van der Waals surface area contributed by atoms with E-state index in [4.69, 9.17) is 4.52 Å². The van der Waals surface area contributed by atoms with Crippen LogP contribution in [0.4, 0.5) is 0 Å². The van der Waals surface area contributed by atoms with E-state index in [0.717, 1.165) is 31.4 Å². The lowest BCUT2D eigenvalue weighted by molar-refractivity contribution is -0.132. The van der Waals surface area contributed by atoms with Crippen molar-refractivity contribution in [3.63, 3.8) is 0 Å². The molecule has 0 aliphatic carbocycles. The summed E-state index contributed by atoms with van der Waals surface area (Å²) >= 11 is 0. The minimum atomic E-state index is -0.225. The van der Waals surface area contributed by atoms with Gasteiger partial charge in [0.05, 0.1) is 18.7 Å². The van der Waals surface area contributed by atoms with Gasteiger partial charge in [0.15, 0.2) is 0 Å². The predicted octanol–water partition coefficient (Wildman–Crippen LogP) is 2.51. The highest BCUT2D eigenvalue weighted by molar-refractivity contribution is 5.79. The van der Waals surface area contributed by atoms with Gasteiger partial charge in [0.25, 0.3) is 0 Å². The minimum absolute atomic E-state index is 0.0898. The van der Waals surface area contributed by atoms with Crippen molar-refractivity contribution in [1.82, 2.24) is 10.1 Å². The highest BCUT2D eigenvalue weighted by Crippen LogP contribution is 2.51. The highest BCUT2D eigenvalue weighted by Gasteiger charge is 2.56. The lowest BCUT2D eigenvalue weighted by Crippen LogP contribution is -2.44. The number of aliphatic hydroxyl groups excluding tert-OH is 1. The zero-order valence-electron chi connectivity index (χ0n) is 14.5. The summed E-state index contributed by atoms with van der Waals surface area (Å²) in [5.74, 6) is 0.707. The number of amides is 1. The number of carbonyl (C=O) groups is 1. The molecule has 5 nitrogen and oxygen atoms in total. The third-order valence-electron chi connectivity index (χ3n) is 5.86. The molecule has 3 atom stereocenters. The van der Waals surface area contributed by atoms with E-state index in [1.165, 1.54) is 5.56 Å². The van der Waals surface area contributed by atoms with Crippen molar-refractivity contribution >= 4 is 5.91 Å². The summed E-state index contributed by atoms with van der Waals surface area (Å²) in [5.41, 5.74) is 1.79. The smallest absolute Gasteiger partial charge is 0.230 e. The lowest BCUT2D eigenvalue weighted by atomic mass is 9.70. The maximum absolute atomic E-state index is 12.9. The normalized spacial score (nSPS) is 27.8. The number of aryl methyl sites for hydroxylation is 1. The van der Waals surface area contributed by atoms with Crippen LogP contribution < -0.4 is 0 Å². The van der Waals surface area contributed by atoms with Crippen LogP contribution in [0.1, 0.15) is 36.3 Å². The molecular formula is C20H24N2O3. The lowest BCUT2D eigenvalue weighted by Gasteiger charge is -2.36. The molecule has 1 N–H and O–H groups in total. The van der Waals surface area contributed by atoms with Gasteiger partial charge in [0.2, 0.25) is 5.91 Å². The Morgan fingerprint density at radius 3 is 2.84 bits per heavy atom. The molecule has 0 radical (unpaired) electrons. The molecule has 132 valence electrons. The number of aliphatic hydroxyl groups is 1. The van der Waals surface area contributed by atoms with Gasteiger partial charge in [0.1, 0.15) is 5.76 Å². The number of aromatic nitrogens is 1. The molecular weight excluding hydrogens is 316 g/mol. The summed E-state index contributed by atoms with van der Waals surface area (Å²) in [4.78, 5) is 14.9. The van der Waals surface area contributed by atoms with Gasteiger partial charge in [-0.3, -0.25) is 4.79 Å². The zero-order chi connectivity index (χ0) is 17.4. The van der Waals surface area contributed by atoms with Crippen molar-refractivity contribution in [3.05, 3.63) is 53.4 Å². The molecule has 2 saturated heterocycles. The van der Waals surface area contributed by atoms with Crippen LogP contribution in [0.2, 0.25) is 0 Å². The fraction of sp³-hybridized carbons (Fsp3) is 0.500. The first-order chi connectivity index (χ1) is 12.1. The van der Waals surface area contributed by atoms with Crippen LogP contribution >= 0.6 is 0 Å². The molecule has 25 heavy (non-hydrogen) atoms. The number of rotatable bonds is 5. The molecule has 2 bridgehead atoms. The van der Waals surface area contributed by atoms with Crippen molar-refractivity contribution in [3.8, 4) is 0 Å². The van der Waals surface area contributed by atoms with Crippen molar-refractivity contribution in [2.75, 3.05) is 6.61 Å². The van der Waals surface area contributed by atoms with Gasteiger partial charge in [0, 0.05) is 23.6 Å². The standard InChI is InChI=1S/C20H24N2O3/c1-14-9-17(25-21-14)10-19(24)22-16-7-8-18(22)20(12-16,13-23)11-15-5-3-2-4-6-15/h2-6,9,16,18,23H,7-8,10-13H2,1H3/t16-,18+,20-/m0/s1. The Kier molecular flexibility index (Phi) is 4.12. The van der Waals surface area contributed by atoms with E-state index in [2.05, 4.69) is 17.3 Å². The van der Waals surface area contributed by atoms with Crippen molar-refractivity contribution in [1.29, 1.82) is 0 Å². The second kappa shape index (κ2) is 6.30. The second-order valence-electron chi connectivity index (χ2n) is 7.55. The fourth-order valence-corrected chi connectivity index (χ4v) is 4.83. The number of hydrogen-bond acceptors (Lipinski definition) is 4. The summed E-state index contributed by atoms with van der Waals surface area (Å²) in [6.07, 6.45) is 3.95. The zero-order valence-corrected chi connectivity index (χ0v) is 14.5. The Bertz CT molecular complexity index is 757. The maximum atomic E-state index is 12.9. The summed E-state index contributed by atoms with van der Waals surface area (Å²) in [7, 11) is 0. The van der Waals surface area contributed by atoms with Crippen LogP contribution in [0, 0.1) is 12.3 Å². The average molecular weight is 340 g/mol. The minimum Gasteiger partial charge on any atom is -0.396 e.